The molecule has 1 aliphatic heterocycles. The number of rotatable bonds is 6. The second kappa shape index (κ2) is 10.3. The number of thiophene rings is 1. The fourth-order valence-corrected chi connectivity index (χ4v) is 3.88. The Labute approximate surface area is 182 Å². The molecule has 2 aromatic rings. The number of alkyl halides is 3. The van der Waals surface area contributed by atoms with E-state index in [1.165, 1.54) is 42.0 Å². The van der Waals surface area contributed by atoms with Gasteiger partial charge in [0.2, 0.25) is 0 Å². The summed E-state index contributed by atoms with van der Waals surface area (Å²) in [6.07, 6.45) is -2.33. The lowest BCUT2D eigenvalue weighted by atomic mass is 10.2. The van der Waals surface area contributed by atoms with E-state index in [1.54, 1.807) is 11.3 Å². The Hall–Kier alpha value is -1.53. The number of ether oxygens (including phenoxy) is 1. The Morgan fingerprint density at radius 3 is 2.46 bits per heavy atom. The summed E-state index contributed by atoms with van der Waals surface area (Å²) < 4.78 is 40.4. The van der Waals surface area contributed by atoms with Gasteiger partial charge >= 0.3 is 6.36 Å². The van der Waals surface area contributed by atoms with Crippen LogP contribution in [0, 0.1) is 0 Å². The normalized spacial score (nSPS) is 16.5. The van der Waals surface area contributed by atoms with Gasteiger partial charge in [-0.1, -0.05) is 6.07 Å². The summed E-state index contributed by atoms with van der Waals surface area (Å²) in [6.45, 7) is 2.62. The van der Waals surface area contributed by atoms with Crippen LogP contribution in [0.1, 0.15) is 23.8 Å². The van der Waals surface area contributed by atoms with E-state index in [0.29, 0.717) is 12.2 Å². The topological polar surface area (TPSA) is 62.9 Å². The molecule has 1 aromatic heterocycles. The number of nitrogens with two attached hydrogens (primary N) is 1. The standard InChI is InChI=1S/C18H21F3N4OS.HI/c19-18(20,21)26-14-7-5-13(6-8-14)24-17(22)23-12-15(16-4-3-11-27-16)25-9-1-2-10-25;/h3-8,11,15H,1-2,9-10,12H2,(H3,22,23,24);1H. The van der Waals surface area contributed by atoms with Gasteiger partial charge in [0.1, 0.15) is 5.75 Å². The van der Waals surface area contributed by atoms with Gasteiger partial charge in [-0.2, -0.15) is 0 Å². The van der Waals surface area contributed by atoms with Crippen molar-refractivity contribution >= 4 is 47.0 Å². The molecule has 0 spiro atoms. The molecule has 2 heterocycles. The van der Waals surface area contributed by atoms with Crippen LogP contribution >= 0.6 is 35.3 Å². The molecule has 28 heavy (non-hydrogen) atoms. The molecule has 0 aliphatic carbocycles. The third kappa shape index (κ3) is 6.82. The summed E-state index contributed by atoms with van der Waals surface area (Å²) in [5.41, 5.74) is 6.50. The lowest BCUT2D eigenvalue weighted by molar-refractivity contribution is -0.274. The van der Waals surface area contributed by atoms with Crippen molar-refractivity contribution in [3.05, 3.63) is 46.7 Å². The highest BCUT2D eigenvalue weighted by Gasteiger charge is 2.31. The van der Waals surface area contributed by atoms with Crippen molar-refractivity contribution in [1.29, 1.82) is 0 Å². The Balaban J connectivity index is 0.00000280. The van der Waals surface area contributed by atoms with Gasteiger partial charge in [-0.25, -0.2) is 0 Å². The molecule has 0 radical (unpaired) electrons. The average molecular weight is 526 g/mol. The molecule has 3 rings (SSSR count). The molecule has 0 amide bonds. The quantitative estimate of drug-likeness (QED) is 0.322. The smallest absolute Gasteiger partial charge is 0.406 e. The zero-order valence-corrected chi connectivity index (χ0v) is 18.1. The molecule has 10 heteroatoms. The molecule has 5 nitrogen and oxygen atoms in total. The highest BCUT2D eigenvalue weighted by molar-refractivity contribution is 14.0. The van der Waals surface area contributed by atoms with Crippen LogP contribution < -0.4 is 15.8 Å². The third-order valence-corrected chi connectivity index (χ3v) is 5.22. The lowest BCUT2D eigenvalue weighted by Crippen LogP contribution is -2.29. The summed E-state index contributed by atoms with van der Waals surface area (Å²) in [6, 6.07) is 9.69. The molecule has 1 unspecified atom stereocenters. The minimum absolute atomic E-state index is 0. The number of nitrogens with zero attached hydrogens (tertiary/aromatic N) is 2. The van der Waals surface area contributed by atoms with Crippen molar-refractivity contribution in [1.82, 2.24) is 4.90 Å². The first-order valence-electron chi connectivity index (χ1n) is 8.61. The van der Waals surface area contributed by atoms with E-state index in [9.17, 15) is 13.2 Å². The number of hydrogen-bond acceptors (Lipinski definition) is 4. The van der Waals surface area contributed by atoms with Gasteiger partial charge in [0.05, 0.1) is 12.6 Å². The molecule has 1 saturated heterocycles. The first-order chi connectivity index (χ1) is 12.9. The summed E-state index contributed by atoms with van der Waals surface area (Å²) in [7, 11) is 0. The van der Waals surface area contributed by atoms with E-state index >= 15 is 0 Å². The molecule has 0 saturated carbocycles. The van der Waals surface area contributed by atoms with Crippen molar-refractivity contribution in [3.63, 3.8) is 0 Å². The monoisotopic (exact) mass is 526 g/mol. The van der Waals surface area contributed by atoms with Crippen LogP contribution in [0.2, 0.25) is 0 Å². The van der Waals surface area contributed by atoms with E-state index in [4.69, 9.17) is 5.73 Å². The minimum Gasteiger partial charge on any atom is -0.406 e. The van der Waals surface area contributed by atoms with Crippen molar-refractivity contribution in [2.24, 2.45) is 10.7 Å². The number of aliphatic imine (C=N–C) groups is 1. The Bertz CT molecular complexity index is 747. The van der Waals surface area contributed by atoms with Gasteiger partial charge in [-0.3, -0.25) is 9.89 Å². The molecule has 1 fully saturated rings. The van der Waals surface area contributed by atoms with Crippen LogP contribution in [-0.4, -0.2) is 36.9 Å². The Morgan fingerprint density at radius 2 is 1.89 bits per heavy atom. The number of anilines is 1. The zero-order valence-electron chi connectivity index (χ0n) is 15.0. The number of likely N-dealkylation sites (tertiary alicyclic amines) is 1. The highest BCUT2D eigenvalue weighted by atomic mass is 127. The van der Waals surface area contributed by atoms with Crippen LogP contribution in [0.3, 0.4) is 0 Å². The summed E-state index contributed by atoms with van der Waals surface area (Å²) in [5.74, 6) is -0.0596. The number of nitrogens with one attached hydrogen (secondary N) is 1. The summed E-state index contributed by atoms with van der Waals surface area (Å²) in [5, 5.41) is 4.95. The van der Waals surface area contributed by atoms with Gasteiger partial charge < -0.3 is 15.8 Å². The highest BCUT2D eigenvalue weighted by Crippen LogP contribution is 2.29. The molecular weight excluding hydrogens is 504 g/mol. The fraction of sp³-hybridized carbons (Fsp3) is 0.389. The van der Waals surface area contributed by atoms with Gasteiger partial charge in [0.15, 0.2) is 5.96 Å². The van der Waals surface area contributed by atoms with E-state index in [0.717, 1.165) is 13.1 Å². The Kier molecular flexibility index (Phi) is 8.38. The predicted octanol–water partition coefficient (Wildman–Crippen LogP) is 4.83. The van der Waals surface area contributed by atoms with Gasteiger partial charge in [0, 0.05) is 10.6 Å². The van der Waals surface area contributed by atoms with Crippen molar-refractivity contribution in [2.75, 3.05) is 25.0 Å². The molecule has 1 aliphatic rings. The number of hydrogen-bond donors (Lipinski definition) is 2. The van der Waals surface area contributed by atoms with Crippen LogP contribution in [0.25, 0.3) is 0 Å². The second-order valence-corrected chi connectivity index (χ2v) is 7.18. The van der Waals surface area contributed by atoms with Gasteiger partial charge in [-0.15, -0.1) is 48.5 Å². The van der Waals surface area contributed by atoms with E-state index in [-0.39, 0.29) is 41.7 Å². The van der Waals surface area contributed by atoms with Crippen LogP contribution in [0.5, 0.6) is 5.75 Å². The number of benzene rings is 1. The molecule has 3 N–H and O–H groups in total. The molecular formula is C18H22F3IN4OS. The van der Waals surface area contributed by atoms with Crippen LogP contribution in [0.4, 0.5) is 18.9 Å². The lowest BCUT2D eigenvalue weighted by Gasteiger charge is -2.25. The van der Waals surface area contributed by atoms with Crippen molar-refractivity contribution in [2.45, 2.75) is 25.2 Å². The maximum atomic E-state index is 12.2. The predicted molar refractivity (Wildman–Crippen MR) is 117 cm³/mol. The molecule has 0 bridgehead atoms. The average Bonchev–Trinajstić information content (AvgIpc) is 3.30. The van der Waals surface area contributed by atoms with E-state index in [1.807, 2.05) is 11.4 Å². The first kappa shape index (κ1) is 22.8. The first-order valence-corrected chi connectivity index (χ1v) is 9.49. The van der Waals surface area contributed by atoms with Gasteiger partial charge in [0.25, 0.3) is 0 Å². The van der Waals surface area contributed by atoms with Crippen molar-refractivity contribution < 1.29 is 17.9 Å². The summed E-state index contributed by atoms with van der Waals surface area (Å²) >= 11 is 1.70. The van der Waals surface area contributed by atoms with Crippen LogP contribution in [-0.2, 0) is 0 Å². The zero-order chi connectivity index (χ0) is 19.3. The molecule has 1 aromatic carbocycles. The van der Waals surface area contributed by atoms with E-state index in [2.05, 4.69) is 26.0 Å². The Morgan fingerprint density at radius 1 is 1.21 bits per heavy atom. The largest absolute Gasteiger partial charge is 0.573 e. The SMILES string of the molecule is I.NC(=NCC(c1cccs1)N1CCCC1)Nc1ccc(OC(F)(F)F)cc1. The second-order valence-electron chi connectivity index (χ2n) is 6.20. The number of halogens is 4. The maximum Gasteiger partial charge on any atom is 0.573 e. The van der Waals surface area contributed by atoms with Crippen LogP contribution in [0.15, 0.2) is 46.8 Å². The number of guanidine groups is 1. The maximum absolute atomic E-state index is 12.2. The fourth-order valence-electron chi connectivity index (χ4n) is 3.03. The van der Waals surface area contributed by atoms with Crippen molar-refractivity contribution in [3.8, 4) is 5.75 Å². The summed E-state index contributed by atoms with van der Waals surface area (Å²) in [4.78, 5) is 8.10. The van der Waals surface area contributed by atoms with E-state index < -0.39 is 6.36 Å². The molecule has 154 valence electrons. The molecule has 1 atom stereocenters. The third-order valence-electron chi connectivity index (χ3n) is 4.25. The minimum atomic E-state index is -4.71. The van der Waals surface area contributed by atoms with Gasteiger partial charge in [-0.05, 0) is 61.6 Å².